The van der Waals surface area contributed by atoms with Gasteiger partial charge in [0.25, 0.3) is 5.97 Å². The predicted molar refractivity (Wildman–Crippen MR) is 143 cm³/mol. The average Bonchev–Trinajstić information content (AvgIpc) is 2.86. The zero-order valence-corrected chi connectivity index (χ0v) is 23.3. The van der Waals surface area contributed by atoms with Crippen LogP contribution in [-0.4, -0.2) is 74.5 Å². The van der Waals surface area contributed by atoms with Crippen molar-refractivity contribution in [2.24, 2.45) is 0 Å². The summed E-state index contributed by atoms with van der Waals surface area (Å²) in [4.78, 5) is 23.1. The summed E-state index contributed by atoms with van der Waals surface area (Å²) >= 11 is 12.1. The van der Waals surface area contributed by atoms with Crippen molar-refractivity contribution in [3.8, 4) is 5.75 Å². The van der Waals surface area contributed by atoms with Crippen LogP contribution >= 0.6 is 23.2 Å². The lowest BCUT2D eigenvalue weighted by Crippen LogP contribution is -2.65. The first-order valence-electron chi connectivity index (χ1n) is 12.2. The number of carboxylic acid groups (broad SMARTS) is 1. The van der Waals surface area contributed by atoms with Gasteiger partial charge in [0, 0.05) is 58.0 Å². The van der Waals surface area contributed by atoms with Gasteiger partial charge in [-0.05, 0) is 30.3 Å². The largest absolute Gasteiger partial charge is 0.490 e. The first-order valence-corrected chi connectivity index (χ1v) is 14.8. The third-order valence-corrected chi connectivity index (χ3v) is 8.66. The summed E-state index contributed by atoms with van der Waals surface area (Å²) in [7, 11) is -3.39. The Kier molecular flexibility index (Phi) is 9.99. The molecule has 11 heteroatoms. The van der Waals surface area contributed by atoms with Gasteiger partial charge in [-0.3, -0.25) is 9.28 Å². The maximum atomic E-state index is 13.9. The van der Waals surface area contributed by atoms with Crippen molar-refractivity contribution in [1.82, 2.24) is 5.32 Å². The number of likely N-dealkylation sites (tertiary alicyclic amines) is 1. The highest BCUT2D eigenvalue weighted by molar-refractivity contribution is 7.90. The fourth-order valence-electron chi connectivity index (χ4n) is 5.02. The maximum Gasteiger partial charge on any atom is 0.346 e. The number of nitrogens with zero attached hydrogens (tertiary/aromatic N) is 1. The van der Waals surface area contributed by atoms with Gasteiger partial charge < -0.3 is 15.2 Å². The second-order valence-corrected chi connectivity index (χ2v) is 12.3. The Labute approximate surface area is 228 Å². The minimum atomic E-state index is -3.39. The van der Waals surface area contributed by atoms with Crippen molar-refractivity contribution in [3.05, 3.63) is 58.1 Å². The van der Waals surface area contributed by atoms with Crippen molar-refractivity contribution in [2.45, 2.75) is 49.6 Å². The fraction of sp³-hybridized carbons (Fsp3) is 0.462. The summed E-state index contributed by atoms with van der Waals surface area (Å²) < 4.78 is 30.6. The summed E-state index contributed by atoms with van der Waals surface area (Å²) in [6, 6.07) is 11.9. The highest BCUT2D eigenvalue weighted by Crippen LogP contribution is 2.34. The molecule has 8 nitrogen and oxygen atoms in total. The van der Waals surface area contributed by atoms with E-state index in [0.29, 0.717) is 38.9 Å². The predicted octanol–water partition coefficient (Wildman–Crippen LogP) is 4.44. The summed E-state index contributed by atoms with van der Waals surface area (Å²) in [5.74, 6) is -0.163. The summed E-state index contributed by atoms with van der Waals surface area (Å²) in [6.45, 7) is 4.15. The van der Waals surface area contributed by atoms with Crippen LogP contribution in [0.5, 0.6) is 5.75 Å². The Bertz CT molecular complexity index is 1220. The van der Waals surface area contributed by atoms with Crippen molar-refractivity contribution in [1.29, 1.82) is 0 Å². The monoisotopic (exact) mass is 571 g/mol. The van der Waals surface area contributed by atoms with Gasteiger partial charge in [0.15, 0.2) is 9.84 Å². The number of halogens is 2. The van der Waals surface area contributed by atoms with E-state index in [9.17, 15) is 13.2 Å². The van der Waals surface area contributed by atoms with E-state index >= 15 is 0 Å². The number of carbonyl (C=O) groups is 2. The van der Waals surface area contributed by atoms with Gasteiger partial charge in [-0.25, -0.2) is 13.2 Å². The number of ether oxygens (including phenoxy) is 1. The summed E-state index contributed by atoms with van der Waals surface area (Å²) in [5.41, 5.74) is 0.459. The number of nitrogens with one attached hydrogen (secondary N) is 1. The minimum Gasteiger partial charge on any atom is -0.490 e. The molecule has 2 saturated heterocycles. The van der Waals surface area contributed by atoms with Crippen molar-refractivity contribution in [2.75, 3.05) is 32.4 Å². The number of aliphatic carboxylic acids is 1. The molecule has 0 aromatic heterocycles. The second-order valence-electron chi connectivity index (χ2n) is 9.48. The molecule has 1 amide bonds. The molecule has 0 saturated carbocycles. The Morgan fingerprint density at radius 2 is 1.62 bits per heavy atom. The van der Waals surface area contributed by atoms with Gasteiger partial charge in [0.05, 0.1) is 39.6 Å². The molecule has 4 rings (SSSR count). The molecule has 2 aliphatic rings. The Hall–Kier alpha value is -2.17. The standard InChI is InChI=1S/C24H29Cl2N2O4S.C2H4O2/c1-33(30,31)21-4-2-3-17(15-21)24(29)28(18-7-11-27-12-8-18)13-9-19(10-14-28)32-20-5-6-22(25)23(26)16-20;1-2(3)4/h2-6,15-16,18-19,27H,7-14H2,1H3;1H3,(H,3,4)/q+1;. The molecule has 202 valence electrons. The van der Waals surface area contributed by atoms with E-state index < -0.39 is 15.8 Å². The van der Waals surface area contributed by atoms with Crippen LogP contribution in [0.15, 0.2) is 47.4 Å². The minimum absolute atomic E-state index is 0.000359. The lowest BCUT2D eigenvalue weighted by atomic mass is 9.93. The first kappa shape index (κ1) is 29.4. The molecule has 0 spiro atoms. The van der Waals surface area contributed by atoms with E-state index in [1.54, 1.807) is 30.3 Å². The van der Waals surface area contributed by atoms with E-state index in [1.165, 1.54) is 18.4 Å². The van der Waals surface area contributed by atoms with Gasteiger partial charge in [-0.1, -0.05) is 29.3 Å². The van der Waals surface area contributed by atoms with E-state index in [4.69, 9.17) is 37.8 Å². The van der Waals surface area contributed by atoms with Gasteiger partial charge in [0.1, 0.15) is 11.9 Å². The molecule has 0 bridgehead atoms. The third kappa shape index (κ3) is 7.67. The molecule has 2 N–H and O–H groups in total. The van der Waals surface area contributed by atoms with E-state index in [1.807, 2.05) is 0 Å². The zero-order valence-electron chi connectivity index (χ0n) is 21.0. The molecule has 2 fully saturated rings. The molecule has 0 atom stereocenters. The lowest BCUT2D eigenvalue weighted by molar-refractivity contribution is -0.881. The Morgan fingerprint density at radius 3 is 2.19 bits per heavy atom. The summed E-state index contributed by atoms with van der Waals surface area (Å²) in [5, 5.41) is 11.7. The summed E-state index contributed by atoms with van der Waals surface area (Å²) in [6.07, 6.45) is 4.42. The maximum absolute atomic E-state index is 13.9. The van der Waals surface area contributed by atoms with Crippen molar-refractivity contribution < 1.29 is 32.3 Å². The van der Waals surface area contributed by atoms with Crippen LogP contribution in [0.2, 0.25) is 10.0 Å². The Balaban J connectivity index is 0.000000886. The van der Waals surface area contributed by atoms with Crippen LogP contribution in [0, 0.1) is 0 Å². The topological polar surface area (TPSA) is 110 Å². The van der Waals surface area contributed by atoms with E-state index in [2.05, 4.69) is 5.32 Å². The Morgan fingerprint density at radius 1 is 1.00 bits per heavy atom. The fourth-order valence-corrected chi connectivity index (χ4v) is 5.97. The number of hydrogen-bond acceptors (Lipinski definition) is 6. The smallest absolute Gasteiger partial charge is 0.346 e. The second kappa shape index (κ2) is 12.6. The molecule has 2 heterocycles. The molecule has 0 unspecified atom stereocenters. The number of sulfone groups is 1. The number of quaternary nitrogens is 1. The zero-order chi connectivity index (χ0) is 27.2. The number of piperidine rings is 2. The van der Waals surface area contributed by atoms with E-state index in [-0.39, 0.29) is 22.9 Å². The van der Waals surface area contributed by atoms with Gasteiger partial charge >= 0.3 is 5.91 Å². The van der Waals surface area contributed by atoms with Crippen molar-refractivity contribution >= 4 is 44.9 Å². The number of carboxylic acids is 1. The van der Waals surface area contributed by atoms with Crippen LogP contribution in [0.1, 0.15) is 43.0 Å². The van der Waals surface area contributed by atoms with Gasteiger partial charge in [-0.2, -0.15) is 0 Å². The van der Waals surface area contributed by atoms with Crippen LogP contribution in [0.4, 0.5) is 0 Å². The molecule has 0 aliphatic carbocycles. The van der Waals surface area contributed by atoms with Gasteiger partial charge in [0.2, 0.25) is 0 Å². The van der Waals surface area contributed by atoms with Crippen LogP contribution in [0.25, 0.3) is 0 Å². The van der Waals surface area contributed by atoms with Crippen LogP contribution in [-0.2, 0) is 14.6 Å². The first-order chi connectivity index (χ1) is 17.4. The number of hydrogen-bond donors (Lipinski definition) is 2. The molecule has 37 heavy (non-hydrogen) atoms. The number of carbonyl (C=O) groups excluding carboxylic acids is 1. The third-order valence-electron chi connectivity index (χ3n) is 6.82. The van der Waals surface area contributed by atoms with Crippen LogP contribution in [0.3, 0.4) is 0 Å². The van der Waals surface area contributed by atoms with Gasteiger partial charge in [-0.15, -0.1) is 0 Å². The number of amides is 1. The van der Waals surface area contributed by atoms with Crippen molar-refractivity contribution in [3.63, 3.8) is 0 Å². The molecule has 2 aromatic carbocycles. The normalized spacial score (nSPS) is 22.4. The molecular formula is C26H33Cl2N2O6S+. The molecule has 2 aliphatic heterocycles. The highest BCUT2D eigenvalue weighted by atomic mass is 35.5. The quantitative estimate of drug-likeness (QED) is 0.510. The number of rotatable bonds is 5. The molecule has 2 aromatic rings. The molecule has 0 radical (unpaired) electrons. The van der Waals surface area contributed by atoms with E-state index in [0.717, 1.165) is 45.7 Å². The SMILES string of the molecule is CC(=O)O.CS(=O)(=O)c1cccc(C(=O)[N+]2(C3CCNCC3)CCC(Oc3ccc(Cl)c(Cl)c3)CC2)c1. The highest BCUT2D eigenvalue weighted by Gasteiger charge is 2.48. The average molecular weight is 573 g/mol. The number of benzene rings is 2. The molecular weight excluding hydrogens is 539 g/mol. The lowest BCUT2D eigenvalue weighted by Gasteiger charge is -2.47. The van der Waals surface area contributed by atoms with Crippen LogP contribution < -0.4 is 10.1 Å².